The minimum absolute atomic E-state index is 0.0573. The van der Waals surface area contributed by atoms with Gasteiger partial charge in [-0.3, -0.25) is 5.41 Å². The molecular formula is C11H17N5O. The average molecular weight is 235 g/mol. The summed E-state index contributed by atoms with van der Waals surface area (Å²) in [5.74, 6) is 0.767. The van der Waals surface area contributed by atoms with Crippen LogP contribution in [0.3, 0.4) is 0 Å². The fourth-order valence-electron chi connectivity index (χ4n) is 1.90. The molecule has 0 bridgehead atoms. The van der Waals surface area contributed by atoms with Crippen molar-refractivity contribution in [3.63, 3.8) is 0 Å². The van der Waals surface area contributed by atoms with Crippen LogP contribution in [0.2, 0.25) is 0 Å². The Morgan fingerprint density at radius 3 is 3.00 bits per heavy atom. The van der Waals surface area contributed by atoms with E-state index in [4.69, 9.17) is 15.9 Å². The molecule has 1 saturated heterocycles. The van der Waals surface area contributed by atoms with E-state index >= 15 is 0 Å². The summed E-state index contributed by atoms with van der Waals surface area (Å²) < 4.78 is 5.44. The summed E-state index contributed by atoms with van der Waals surface area (Å²) in [7, 11) is 0. The van der Waals surface area contributed by atoms with E-state index < -0.39 is 0 Å². The molecule has 1 unspecified atom stereocenters. The zero-order valence-electron chi connectivity index (χ0n) is 9.89. The van der Waals surface area contributed by atoms with Crippen molar-refractivity contribution in [3.8, 4) is 0 Å². The molecule has 17 heavy (non-hydrogen) atoms. The summed E-state index contributed by atoms with van der Waals surface area (Å²) in [6, 6.07) is 0.348. The molecule has 0 saturated carbocycles. The molecule has 1 aliphatic rings. The number of anilines is 1. The lowest BCUT2D eigenvalue weighted by molar-refractivity contribution is 0.0925. The van der Waals surface area contributed by atoms with Crippen LogP contribution >= 0.6 is 0 Å². The Bertz CT molecular complexity index is 391. The molecule has 3 N–H and O–H groups in total. The molecule has 6 nitrogen and oxygen atoms in total. The first-order chi connectivity index (χ1) is 8.22. The quantitative estimate of drug-likeness (QED) is 0.584. The number of hydrogen-bond donors (Lipinski definition) is 2. The van der Waals surface area contributed by atoms with E-state index in [1.54, 1.807) is 12.4 Å². The van der Waals surface area contributed by atoms with Crippen molar-refractivity contribution in [3.05, 3.63) is 18.1 Å². The number of morpholine rings is 1. The van der Waals surface area contributed by atoms with Gasteiger partial charge in [-0.2, -0.15) is 0 Å². The summed E-state index contributed by atoms with van der Waals surface area (Å²) in [6.07, 6.45) is 4.22. The number of nitrogen functional groups attached to an aromatic ring is 1. The van der Waals surface area contributed by atoms with Crippen LogP contribution in [-0.4, -0.2) is 41.6 Å². The minimum Gasteiger partial charge on any atom is -0.382 e. The maximum Gasteiger partial charge on any atom is 0.147 e. The van der Waals surface area contributed by atoms with Crippen LogP contribution in [0.15, 0.2) is 12.4 Å². The molecule has 0 radical (unpaired) electrons. The lowest BCUT2D eigenvalue weighted by atomic mass is 10.2. The molecule has 1 atom stereocenters. The van der Waals surface area contributed by atoms with Gasteiger partial charge in [0.05, 0.1) is 31.6 Å². The first-order valence-electron chi connectivity index (χ1n) is 5.73. The molecule has 1 aliphatic heterocycles. The SMILES string of the molecule is CCC1COCCN1c1cnc(C(=N)N)cn1. The van der Waals surface area contributed by atoms with E-state index in [0.717, 1.165) is 25.4 Å². The standard InChI is InChI=1S/C11H17N5O/c1-2-8-7-17-4-3-16(8)10-6-14-9(5-15-10)11(12)13/h5-6,8H,2-4,7H2,1H3,(H3,12,13). The highest BCUT2D eigenvalue weighted by molar-refractivity contribution is 5.92. The van der Waals surface area contributed by atoms with E-state index in [-0.39, 0.29) is 5.84 Å². The monoisotopic (exact) mass is 235 g/mol. The Hall–Kier alpha value is -1.69. The third-order valence-electron chi connectivity index (χ3n) is 2.91. The van der Waals surface area contributed by atoms with Crippen LogP contribution < -0.4 is 10.6 Å². The molecule has 0 aromatic carbocycles. The van der Waals surface area contributed by atoms with Crippen LogP contribution in [-0.2, 0) is 4.74 Å². The van der Waals surface area contributed by atoms with Crippen molar-refractivity contribution < 1.29 is 4.74 Å². The predicted octanol–water partition coefficient (Wildman–Crippen LogP) is 0.376. The Labute approximate surface area is 100 Å². The van der Waals surface area contributed by atoms with Gasteiger partial charge in [-0.15, -0.1) is 0 Å². The summed E-state index contributed by atoms with van der Waals surface area (Å²) in [6.45, 7) is 4.40. The highest BCUT2D eigenvalue weighted by atomic mass is 16.5. The van der Waals surface area contributed by atoms with Gasteiger partial charge in [0.2, 0.25) is 0 Å². The van der Waals surface area contributed by atoms with E-state index in [1.807, 2.05) is 0 Å². The zero-order valence-corrected chi connectivity index (χ0v) is 9.89. The number of nitrogens with zero attached hydrogens (tertiary/aromatic N) is 3. The Kier molecular flexibility index (Phi) is 3.53. The van der Waals surface area contributed by atoms with Crippen molar-refractivity contribution in [1.82, 2.24) is 9.97 Å². The van der Waals surface area contributed by atoms with Gasteiger partial charge in [-0.25, -0.2) is 9.97 Å². The molecule has 92 valence electrons. The van der Waals surface area contributed by atoms with Gasteiger partial charge < -0.3 is 15.4 Å². The topological polar surface area (TPSA) is 88.1 Å². The Balaban J connectivity index is 2.17. The second kappa shape index (κ2) is 5.09. The van der Waals surface area contributed by atoms with Crippen LogP contribution in [0, 0.1) is 5.41 Å². The smallest absolute Gasteiger partial charge is 0.147 e. The highest BCUT2D eigenvalue weighted by Crippen LogP contribution is 2.18. The molecule has 0 aliphatic carbocycles. The van der Waals surface area contributed by atoms with Crippen molar-refractivity contribution in [2.45, 2.75) is 19.4 Å². The summed E-state index contributed by atoms with van der Waals surface area (Å²) in [4.78, 5) is 10.6. The number of rotatable bonds is 3. The Morgan fingerprint density at radius 2 is 2.41 bits per heavy atom. The van der Waals surface area contributed by atoms with Crippen LogP contribution in [0.25, 0.3) is 0 Å². The van der Waals surface area contributed by atoms with Crippen molar-refractivity contribution in [2.24, 2.45) is 5.73 Å². The third-order valence-corrected chi connectivity index (χ3v) is 2.91. The van der Waals surface area contributed by atoms with Crippen molar-refractivity contribution in [1.29, 1.82) is 5.41 Å². The van der Waals surface area contributed by atoms with E-state index in [0.29, 0.717) is 18.3 Å². The number of amidine groups is 1. The molecule has 1 aromatic heterocycles. The summed E-state index contributed by atoms with van der Waals surface area (Å²) in [5, 5.41) is 7.27. The molecule has 2 rings (SSSR count). The first-order valence-corrected chi connectivity index (χ1v) is 5.73. The number of ether oxygens (including phenoxy) is 1. The normalized spacial score (nSPS) is 20.3. The second-order valence-electron chi connectivity index (χ2n) is 4.00. The van der Waals surface area contributed by atoms with E-state index in [1.165, 1.54) is 0 Å². The first kappa shape index (κ1) is 11.8. The number of hydrogen-bond acceptors (Lipinski definition) is 5. The molecule has 1 aromatic rings. The van der Waals surface area contributed by atoms with Crippen molar-refractivity contribution >= 4 is 11.7 Å². The molecule has 0 spiro atoms. The van der Waals surface area contributed by atoms with E-state index in [2.05, 4.69) is 21.8 Å². The fourth-order valence-corrected chi connectivity index (χ4v) is 1.90. The molecular weight excluding hydrogens is 218 g/mol. The van der Waals surface area contributed by atoms with Crippen LogP contribution in [0.4, 0.5) is 5.82 Å². The molecule has 1 fully saturated rings. The van der Waals surface area contributed by atoms with Gasteiger partial charge in [-0.1, -0.05) is 6.92 Å². The highest BCUT2D eigenvalue weighted by Gasteiger charge is 2.22. The molecule has 2 heterocycles. The molecule has 6 heteroatoms. The van der Waals surface area contributed by atoms with Crippen molar-refractivity contribution in [2.75, 3.05) is 24.7 Å². The number of aromatic nitrogens is 2. The maximum atomic E-state index is 7.27. The second-order valence-corrected chi connectivity index (χ2v) is 4.00. The van der Waals surface area contributed by atoms with Gasteiger partial charge in [0, 0.05) is 6.54 Å². The Morgan fingerprint density at radius 1 is 1.59 bits per heavy atom. The zero-order chi connectivity index (χ0) is 12.3. The summed E-state index contributed by atoms with van der Waals surface area (Å²) in [5.41, 5.74) is 5.76. The predicted molar refractivity (Wildman–Crippen MR) is 65.3 cm³/mol. The average Bonchev–Trinajstić information content (AvgIpc) is 2.39. The minimum atomic E-state index is -0.0573. The third kappa shape index (κ3) is 2.52. The largest absolute Gasteiger partial charge is 0.382 e. The van der Waals surface area contributed by atoms with Gasteiger partial charge in [0.15, 0.2) is 0 Å². The lowest BCUT2D eigenvalue weighted by Crippen LogP contribution is -2.45. The van der Waals surface area contributed by atoms with Crippen LogP contribution in [0.1, 0.15) is 19.0 Å². The van der Waals surface area contributed by atoms with Gasteiger partial charge in [0.1, 0.15) is 17.3 Å². The lowest BCUT2D eigenvalue weighted by Gasteiger charge is -2.35. The van der Waals surface area contributed by atoms with E-state index in [9.17, 15) is 0 Å². The van der Waals surface area contributed by atoms with Gasteiger partial charge >= 0.3 is 0 Å². The number of nitrogens with two attached hydrogens (primary N) is 1. The fraction of sp³-hybridized carbons (Fsp3) is 0.545. The van der Waals surface area contributed by atoms with Gasteiger partial charge in [-0.05, 0) is 6.42 Å². The maximum absolute atomic E-state index is 7.27. The number of nitrogens with one attached hydrogen (secondary N) is 1. The van der Waals surface area contributed by atoms with Crippen LogP contribution in [0.5, 0.6) is 0 Å². The molecule has 0 amide bonds. The van der Waals surface area contributed by atoms with Gasteiger partial charge in [0.25, 0.3) is 0 Å². The summed E-state index contributed by atoms with van der Waals surface area (Å²) >= 11 is 0.